The molecule has 0 spiro atoms. The summed E-state index contributed by atoms with van der Waals surface area (Å²) in [6, 6.07) is 0.372. The van der Waals surface area contributed by atoms with Gasteiger partial charge in [0.05, 0.1) is 6.54 Å². The first-order valence-corrected chi connectivity index (χ1v) is 8.26. The maximum absolute atomic E-state index is 4.51. The molecule has 124 valence electrons. The lowest BCUT2D eigenvalue weighted by atomic mass is 10.3. The Hall–Kier alpha value is -2.02. The van der Waals surface area contributed by atoms with Gasteiger partial charge in [0.2, 0.25) is 5.95 Å². The van der Waals surface area contributed by atoms with Crippen LogP contribution in [0.3, 0.4) is 0 Å². The van der Waals surface area contributed by atoms with Gasteiger partial charge in [0.15, 0.2) is 0 Å². The molecule has 0 saturated carbocycles. The molecule has 0 unspecified atom stereocenters. The maximum atomic E-state index is 4.51. The van der Waals surface area contributed by atoms with Gasteiger partial charge in [-0.05, 0) is 33.7 Å². The van der Waals surface area contributed by atoms with Crippen molar-refractivity contribution in [2.24, 2.45) is 0 Å². The number of hydrogen-bond acceptors (Lipinski definition) is 6. The SMILES string of the molecule is CC(C)n1cnnc1CN(C)Cc1cnc(N2CCCC2)nc1. The van der Waals surface area contributed by atoms with Crippen LogP contribution in [0.2, 0.25) is 0 Å². The third-order valence-electron chi connectivity index (χ3n) is 4.15. The molecule has 23 heavy (non-hydrogen) atoms. The molecule has 7 nitrogen and oxygen atoms in total. The topological polar surface area (TPSA) is 63.0 Å². The van der Waals surface area contributed by atoms with Gasteiger partial charge < -0.3 is 9.47 Å². The Morgan fingerprint density at radius 1 is 1.13 bits per heavy atom. The molecule has 0 aromatic carbocycles. The smallest absolute Gasteiger partial charge is 0.225 e. The number of hydrogen-bond donors (Lipinski definition) is 0. The highest BCUT2D eigenvalue weighted by molar-refractivity contribution is 5.30. The van der Waals surface area contributed by atoms with Crippen molar-refractivity contribution in [2.45, 2.75) is 45.8 Å². The van der Waals surface area contributed by atoms with Crippen LogP contribution < -0.4 is 4.90 Å². The largest absolute Gasteiger partial charge is 0.341 e. The second kappa shape index (κ2) is 7.04. The average Bonchev–Trinajstić information content (AvgIpc) is 3.19. The van der Waals surface area contributed by atoms with Crippen molar-refractivity contribution in [2.75, 3.05) is 25.0 Å². The van der Waals surface area contributed by atoms with Gasteiger partial charge in [-0.2, -0.15) is 0 Å². The molecule has 0 amide bonds. The third kappa shape index (κ3) is 3.85. The summed E-state index contributed by atoms with van der Waals surface area (Å²) in [6.07, 6.45) is 8.14. The summed E-state index contributed by atoms with van der Waals surface area (Å²) in [5.41, 5.74) is 1.12. The third-order valence-corrected chi connectivity index (χ3v) is 4.15. The van der Waals surface area contributed by atoms with E-state index in [1.165, 1.54) is 12.8 Å². The van der Waals surface area contributed by atoms with Gasteiger partial charge in [-0.1, -0.05) is 0 Å². The Bertz CT molecular complexity index is 614. The van der Waals surface area contributed by atoms with Crippen LogP contribution in [0.1, 0.15) is 44.1 Å². The molecular formula is C16H25N7. The minimum atomic E-state index is 0.372. The van der Waals surface area contributed by atoms with Crippen molar-refractivity contribution in [1.82, 2.24) is 29.6 Å². The lowest BCUT2D eigenvalue weighted by molar-refractivity contribution is 0.301. The molecule has 1 aliphatic heterocycles. The van der Waals surface area contributed by atoms with Crippen LogP contribution >= 0.6 is 0 Å². The zero-order chi connectivity index (χ0) is 16.2. The molecule has 0 radical (unpaired) electrons. The molecule has 1 aliphatic rings. The van der Waals surface area contributed by atoms with E-state index in [0.29, 0.717) is 6.04 Å². The number of aromatic nitrogens is 5. The highest BCUT2D eigenvalue weighted by Gasteiger charge is 2.15. The molecule has 1 fully saturated rings. The van der Waals surface area contributed by atoms with Crippen molar-refractivity contribution >= 4 is 5.95 Å². The highest BCUT2D eigenvalue weighted by atomic mass is 15.3. The highest BCUT2D eigenvalue weighted by Crippen LogP contribution is 2.15. The summed E-state index contributed by atoms with van der Waals surface area (Å²) in [7, 11) is 2.08. The van der Waals surface area contributed by atoms with E-state index in [1.54, 1.807) is 6.33 Å². The molecule has 3 rings (SSSR count). The van der Waals surface area contributed by atoms with Crippen LogP contribution in [0.15, 0.2) is 18.7 Å². The lowest BCUT2D eigenvalue weighted by Crippen LogP contribution is -2.22. The average molecular weight is 315 g/mol. The van der Waals surface area contributed by atoms with E-state index in [1.807, 2.05) is 12.4 Å². The quantitative estimate of drug-likeness (QED) is 0.811. The van der Waals surface area contributed by atoms with E-state index in [-0.39, 0.29) is 0 Å². The predicted molar refractivity (Wildman–Crippen MR) is 89.1 cm³/mol. The Morgan fingerprint density at radius 2 is 1.83 bits per heavy atom. The van der Waals surface area contributed by atoms with Gasteiger partial charge in [-0.3, -0.25) is 4.90 Å². The molecule has 3 heterocycles. The zero-order valence-electron chi connectivity index (χ0n) is 14.2. The van der Waals surface area contributed by atoms with Crippen LogP contribution in [-0.4, -0.2) is 49.8 Å². The predicted octanol–water partition coefficient (Wildman–Crippen LogP) is 1.88. The Balaban J connectivity index is 1.59. The van der Waals surface area contributed by atoms with Gasteiger partial charge in [0, 0.05) is 43.6 Å². The summed E-state index contributed by atoms with van der Waals surface area (Å²) >= 11 is 0. The molecular weight excluding hydrogens is 290 g/mol. The van der Waals surface area contributed by atoms with Crippen molar-refractivity contribution in [1.29, 1.82) is 0 Å². The Kier molecular flexibility index (Phi) is 4.85. The minimum absolute atomic E-state index is 0.372. The molecule has 2 aromatic rings. The van der Waals surface area contributed by atoms with E-state index in [2.05, 4.69) is 55.4 Å². The van der Waals surface area contributed by atoms with Gasteiger partial charge in [-0.25, -0.2) is 9.97 Å². The van der Waals surface area contributed by atoms with E-state index >= 15 is 0 Å². The minimum Gasteiger partial charge on any atom is -0.341 e. The fourth-order valence-corrected chi connectivity index (χ4v) is 2.93. The Labute approximate surface area is 137 Å². The summed E-state index contributed by atoms with van der Waals surface area (Å²) < 4.78 is 2.10. The van der Waals surface area contributed by atoms with Crippen LogP contribution in [-0.2, 0) is 13.1 Å². The standard InChI is InChI=1S/C16H25N7/c1-13(2)23-12-19-20-15(23)11-21(3)10-14-8-17-16(18-9-14)22-6-4-5-7-22/h8-9,12-13H,4-7,10-11H2,1-3H3. The maximum Gasteiger partial charge on any atom is 0.225 e. The first-order valence-electron chi connectivity index (χ1n) is 8.26. The number of rotatable bonds is 6. The Morgan fingerprint density at radius 3 is 2.48 bits per heavy atom. The molecule has 7 heteroatoms. The van der Waals surface area contributed by atoms with Gasteiger partial charge in [0.25, 0.3) is 0 Å². The fraction of sp³-hybridized carbons (Fsp3) is 0.625. The lowest BCUT2D eigenvalue weighted by Gasteiger charge is -2.18. The molecule has 0 aliphatic carbocycles. The second-order valence-corrected chi connectivity index (χ2v) is 6.51. The van der Waals surface area contributed by atoms with E-state index < -0.39 is 0 Å². The summed E-state index contributed by atoms with van der Waals surface area (Å²) in [6.45, 7) is 7.97. The molecule has 1 saturated heterocycles. The number of nitrogens with zero attached hydrogens (tertiary/aromatic N) is 7. The van der Waals surface area contributed by atoms with E-state index in [9.17, 15) is 0 Å². The van der Waals surface area contributed by atoms with E-state index in [0.717, 1.165) is 43.5 Å². The van der Waals surface area contributed by atoms with Gasteiger partial charge in [-0.15, -0.1) is 10.2 Å². The zero-order valence-corrected chi connectivity index (χ0v) is 14.2. The molecule has 0 atom stereocenters. The van der Waals surface area contributed by atoms with Crippen LogP contribution in [0, 0.1) is 0 Å². The van der Waals surface area contributed by atoms with Crippen LogP contribution in [0.5, 0.6) is 0 Å². The summed E-state index contributed by atoms with van der Waals surface area (Å²) in [5.74, 6) is 1.84. The molecule has 0 N–H and O–H groups in total. The first-order chi connectivity index (χ1) is 11.1. The second-order valence-electron chi connectivity index (χ2n) is 6.51. The van der Waals surface area contributed by atoms with Crippen LogP contribution in [0.4, 0.5) is 5.95 Å². The van der Waals surface area contributed by atoms with Crippen molar-refractivity contribution in [3.8, 4) is 0 Å². The van der Waals surface area contributed by atoms with E-state index in [4.69, 9.17) is 0 Å². The van der Waals surface area contributed by atoms with Crippen molar-refractivity contribution < 1.29 is 0 Å². The van der Waals surface area contributed by atoms with Gasteiger partial charge >= 0.3 is 0 Å². The monoisotopic (exact) mass is 315 g/mol. The van der Waals surface area contributed by atoms with Crippen molar-refractivity contribution in [3.63, 3.8) is 0 Å². The van der Waals surface area contributed by atoms with Gasteiger partial charge in [0.1, 0.15) is 12.2 Å². The molecule has 0 bridgehead atoms. The van der Waals surface area contributed by atoms with Crippen molar-refractivity contribution in [3.05, 3.63) is 30.1 Å². The normalized spacial score (nSPS) is 15.1. The fourth-order valence-electron chi connectivity index (χ4n) is 2.93. The first kappa shape index (κ1) is 15.9. The van der Waals surface area contributed by atoms with Crippen LogP contribution in [0.25, 0.3) is 0 Å². The molecule has 2 aromatic heterocycles. The summed E-state index contributed by atoms with van der Waals surface area (Å²) in [5, 5.41) is 8.23. The number of anilines is 1. The summed E-state index contributed by atoms with van der Waals surface area (Å²) in [4.78, 5) is 13.5.